The third-order valence-corrected chi connectivity index (χ3v) is 5.10. The van der Waals surface area contributed by atoms with Crippen molar-refractivity contribution in [3.05, 3.63) is 84.4 Å². The molecule has 0 aliphatic rings. The highest BCUT2D eigenvalue weighted by Crippen LogP contribution is 2.21. The Bertz CT molecular complexity index is 1050. The highest BCUT2D eigenvalue weighted by Gasteiger charge is 2.16. The van der Waals surface area contributed by atoms with Crippen molar-refractivity contribution >= 4 is 15.9 Å². The molecule has 0 aliphatic carbocycles. The van der Waals surface area contributed by atoms with Crippen LogP contribution in [-0.2, 0) is 10.0 Å². The van der Waals surface area contributed by atoms with Crippen LogP contribution in [0.4, 0.5) is 0 Å². The first-order valence-corrected chi connectivity index (χ1v) is 10.3. The number of carbonyl (C=O) groups excluding carboxylic acids is 1. The molecule has 0 aliphatic heterocycles. The van der Waals surface area contributed by atoms with Gasteiger partial charge in [-0.3, -0.25) is 10.2 Å². The van der Waals surface area contributed by atoms with E-state index in [9.17, 15) is 13.2 Å². The second-order valence-electron chi connectivity index (χ2n) is 5.90. The van der Waals surface area contributed by atoms with Crippen molar-refractivity contribution < 1.29 is 22.7 Å². The second kappa shape index (κ2) is 9.22. The largest absolute Gasteiger partial charge is 0.494 e. The molecule has 0 radical (unpaired) electrons. The smallest absolute Gasteiger partial charge is 0.266 e. The number of hydrogen-bond acceptors (Lipinski definition) is 5. The van der Waals surface area contributed by atoms with E-state index < -0.39 is 15.9 Å². The number of ether oxygens (including phenoxy) is 2. The van der Waals surface area contributed by atoms with Gasteiger partial charge in [-0.05, 0) is 67.6 Å². The molecule has 0 spiro atoms. The Kier molecular flexibility index (Phi) is 6.48. The molecule has 0 atom stereocenters. The maximum atomic E-state index is 12.3. The second-order valence-corrected chi connectivity index (χ2v) is 7.59. The maximum absolute atomic E-state index is 12.3. The zero-order valence-corrected chi connectivity index (χ0v) is 16.5. The van der Waals surface area contributed by atoms with Gasteiger partial charge in [-0.2, -0.15) is 0 Å². The molecule has 3 aromatic rings. The lowest BCUT2D eigenvalue weighted by Gasteiger charge is -2.10. The summed E-state index contributed by atoms with van der Waals surface area (Å²) in [4.78, 5) is 14.3. The van der Waals surface area contributed by atoms with Crippen molar-refractivity contribution in [2.24, 2.45) is 0 Å². The van der Waals surface area contributed by atoms with Gasteiger partial charge < -0.3 is 9.47 Å². The number of rotatable bonds is 8. The van der Waals surface area contributed by atoms with Crippen LogP contribution in [0.15, 0.2) is 83.8 Å². The van der Waals surface area contributed by atoms with Crippen molar-refractivity contribution in [2.75, 3.05) is 6.61 Å². The molecule has 29 heavy (non-hydrogen) atoms. The molecule has 150 valence electrons. The lowest BCUT2D eigenvalue weighted by atomic mass is 10.2. The van der Waals surface area contributed by atoms with Gasteiger partial charge in [0.15, 0.2) is 0 Å². The molecule has 0 fully saturated rings. The molecular formula is C21H20N2O5S. The molecule has 3 rings (SSSR count). The summed E-state index contributed by atoms with van der Waals surface area (Å²) in [5.74, 6) is 1.20. The number of nitrogens with one attached hydrogen (secondary N) is 2. The Morgan fingerprint density at radius 3 is 2.03 bits per heavy atom. The number of carbonyl (C=O) groups is 1. The summed E-state index contributed by atoms with van der Waals surface area (Å²) in [7, 11) is -3.91. The molecule has 0 heterocycles. The van der Waals surface area contributed by atoms with Crippen molar-refractivity contribution in [3.8, 4) is 17.2 Å². The summed E-state index contributed by atoms with van der Waals surface area (Å²) in [5, 5.41) is 0. The highest BCUT2D eigenvalue weighted by molar-refractivity contribution is 7.89. The van der Waals surface area contributed by atoms with Crippen LogP contribution in [0.2, 0.25) is 0 Å². The number of amides is 1. The maximum Gasteiger partial charge on any atom is 0.266 e. The fourth-order valence-corrected chi connectivity index (χ4v) is 3.26. The minimum atomic E-state index is -3.91. The average molecular weight is 412 g/mol. The lowest BCUT2D eigenvalue weighted by Crippen LogP contribution is -2.41. The van der Waals surface area contributed by atoms with Crippen molar-refractivity contribution in [3.63, 3.8) is 0 Å². The van der Waals surface area contributed by atoms with E-state index in [4.69, 9.17) is 9.47 Å². The summed E-state index contributed by atoms with van der Waals surface area (Å²) in [6.07, 6.45) is 0. The molecule has 2 N–H and O–H groups in total. The quantitative estimate of drug-likeness (QED) is 0.553. The van der Waals surface area contributed by atoms with E-state index in [1.54, 1.807) is 36.4 Å². The van der Waals surface area contributed by atoms with Gasteiger partial charge in [0.2, 0.25) is 0 Å². The summed E-state index contributed by atoms with van der Waals surface area (Å²) >= 11 is 0. The Morgan fingerprint density at radius 2 is 1.41 bits per heavy atom. The zero-order valence-electron chi connectivity index (χ0n) is 15.7. The minimum absolute atomic E-state index is 0.00728. The predicted octanol–water partition coefficient (Wildman–Crippen LogP) is 3.50. The van der Waals surface area contributed by atoms with Crippen LogP contribution in [0.3, 0.4) is 0 Å². The third-order valence-electron chi connectivity index (χ3n) is 3.84. The average Bonchev–Trinajstić information content (AvgIpc) is 2.74. The number of hydrazine groups is 1. The Hall–Kier alpha value is -3.36. The Morgan fingerprint density at radius 1 is 0.828 bits per heavy atom. The number of benzene rings is 3. The van der Waals surface area contributed by atoms with Gasteiger partial charge in [-0.25, -0.2) is 8.42 Å². The van der Waals surface area contributed by atoms with Crippen LogP contribution >= 0.6 is 0 Å². The van der Waals surface area contributed by atoms with Gasteiger partial charge in [0.25, 0.3) is 15.9 Å². The van der Waals surface area contributed by atoms with Crippen LogP contribution in [-0.4, -0.2) is 20.9 Å². The molecule has 7 nitrogen and oxygen atoms in total. The first-order valence-electron chi connectivity index (χ1n) is 8.86. The predicted molar refractivity (Wildman–Crippen MR) is 108 cm³/mol. The van der Waals surface area contributed by atoms with E-state index in [0.717, 1.165) is 0 Å². The van der Waals surface area contributed by atoms with Gasteiger partial charge in [-0.1, -0.05) is 18.2 Å². The van der Waals surface area contributed by atoms with Crippen LogP contribution in [0.5, 0.6) is 17.2 Å². The first-order chi connectivity index (χ1) is 14.0. The minimum Gasteiger partial charge on any atom is -0.494 e. The normalized spacial score (nSPS) is 10.9. The van der Waals surface area contributed by atoms with Crippen LogP contribution < -0.4 is 19.7 Å². The lowest BCUT2D eigenvalue weighted by molar-refractivity contribution is 0.0945. The topological polar surface area (TPSA) is 93.7 Å². The van der Waals surface area contributed by atoms with E-state index in [-0.39, 0.29) is 10.5 Å². The van der Waals surface area contributed by atoms with E-state index in [2.05, 4.69) is 10.3 Å². The highest BCUT2D eigenvalue weighted by atomic mass is 32.2. The summed E-state index contributed by atoms with van der Waals surface area (Å²) < 4.78 is 35.6. The van der Waals surface area contributed by atoms with Crippen LogP contribution in [0.25, 0.3) is 0 Å². The zero-order chi connectivity index (χ0) is 20.7. The molecule has 0 bridgehead atoms. The standard InChI is InChI=1S/C21H20N2O5S/c1-2-27-17-12-14-20(15-13-17)29(25,26)23-22-21(24)16-8-10-19(11-9-16)28-18-6-4-3-5-7-18/h3-15,23H,2H2,1H3,(H,22,24). The van der Waals surface area contributed by atoms with Gasteiger partial charge in [0, 0.05) is 5.56 Å². The Balaban J connectivity index is 1.59. The van der Waals surface area contributed by atoms with Gasteiger partial charge in [0.05, 0.1) is 11.5 Å². The van der Waals surface area contributed by atoms with E-state index in [0.29, 0.717) is 23.9 Å². The summed E-state index contributed by atoms with van der Waals surface area (Å²) in [6, 6.07) is 21.5. The van der Waals surface area contributed by atoms with E-state index in [1.807, 2.05) is 37.3 Å². The fraction of sp³-hybridized carbons (Fsp3) is 0.0952. The first kappa shape index (κ1) is 20.4. The fourth-order valence-electron chi connectivity index (χ4n) is 2.43. The summed E-state index contributed by atoms with van der Waals surface area (Å²) in [5.41, 5.74) is 2.48. The van der Waals surface area contributed by atoms with Gasteiger partial charge in [0.1, 0.15) is 17.2 Å². The summed E-state index contributed by atoms with van der Waals surface area (Å²) in [6.45, 7) is 2.32. The Labute approximate surface area is 169 Å². The van der Waals surface area contributed by atoms with Crippen LogP contribution in [0, 0.1) is 0 Å². The molecular weight excluding hydrogens is 392 g/mol. The van der Waals surface area contributed by atoms with E-state index in [1.165, 1.54) is 12.1 Å². The monoisotopic (exact) mass is 412 g/mol. The van der Waals surface area contributed by atoms with Crippen molar-refractivity contribution in [2.45, 2.75) is 11.8 Å². The molecule has 0 aromatic heterocycles. The molecule has 1 amide bonds. The third kappa shape index (κ3) is 5.56. The molecule has 3 aromatic carbocycles. The molecule has 0 saturated carbocycles. The van der Waals surface area contributed by atoms with Crippen molar-refractivity contribution in [1.82, 2.24) is 10.3 Å². The number of para-hydroxylation sites is 1. The number of sulfonamides is 1. The van der Waals surface area contributed by atoms with Crippen LogP contribution in [0.1, 0.15) is 17.3 Å². The van der Waals surface area contributed by atoms with E-state index >= 15 is 0 Å². The number of hydrogen-bond donors (Lipinski definition) is 2. The molecule has 8 heteroatoms. The SMILES string of the molecule is CCOc1ccc(S(=O)(=O)NNC(=O)c2ccc(Oc3ccccc3)cc2)cc1. The molecule has 0 unspecified atom stereocenters. The molecule has 0 saturated heterocycles. The van der Waals surface area contributed by atoms with Gasteiger partial charge >= 0.3 is 0 Å². The van der Waals surface area contributed by atoms with Gasteiger partial charge in [-0.15, -0.1) is 4.83 Å². The van der Waals surface area contributed by atoms with Crippen molar-refractivity contribution in [1.29, 1.82) is 0 Å².